The summed E-state index contributed by atoms with van der Waals surface area (Å²) < 4.78 is 0. The lowest BCUT2D eigenvalue weighted by molar-refractivity contribution is -0.119. The van der Waals surface area contributed by atoms with Crippen molar-refractivity contribution >= 4 is 23.5 Å². The Bertz CT molecular complexity index is 516. The number of hydrogen-bond acceptors (Lipinski definition) is 4. The van der Waals surface area contributed by atoms with Crippen LogP contribution in [0.2, 0.25) is 5.15 Å². The van der Waals surface area contributed by atoms with E-state index in [1.807, 2.05) is 6.92 Å². The molecule has 114 valence electrons. The highest BCUT2D eigenvalue weighted by Gasteiger charge is 2.34. The average molecular weight is 309 g/mol. The first kappa shape index (κ1) is 14.7. The molecule has 0 aromatic carbocycles. The molecule has 3 atom stereocenters. The molecule has 1 aromatic heterocycles. The van der Waals surface area contributed by atoms with Crippen LogP contribution in [0.5, 0.6) is 0 Å². The number of carbonyl (C=O) groups is 1. The molecule has 2 N–H and O–H groups in total. The van der Waals surface area contributed by atoms with E-state index in [4.69, 9.17) is 11.6 Å². The number of halogens is 1. The van der Waals surface area contributed by atoms with E-state index in [1.165, 1.54) is 25.7 Å². The predicted octanol–water partition coefficient (Wildman–Crippen LogP) is 2.69. The van der Waals surface area contributed by atoms with E-state index in [2.05, 4.69) is 20.6 Å². The van der Waals surface area contributed by atoms with Gasteiger partial charge < -0.3 is 5.32 Å². The Morgan fingerprint density at radius 3 is 2.90 bits per heavy atom. The maximum atomic E-state index is 12.4. The summed E-state index contributed by atoms with van der Waals surface area (Å²) in [4.78, 5) is 20.6. The van der Waals surface area contributed by atoms with Crippen molar-refractivity contribution in [1.82, 2.24) is 15.3 Å². The van der Waals surface area contributed by atoms with Crippen LogP contribution in [0.15, 0.2) is 6.07 Å². The second kappa shape index (κ2) is 6.28. The fraction of sp³-hybridized carbons (Fsp3) is 0.667. The van der Waals surface area contributed by atoms with Crippen molar-refractivity contribution < 1.29 is 4.79 Å². The Hall–Kier alpha value is -1.20. The van der Waals surface area contributed by atoms with E-state index in [1.54, 1.807) is 6.07 Å². The zero-order chi connectivity index (χ0) is 14.8. The van der Waals surface area contributed by atoms with E-state index in [9.17, 15) is 4.79 Å². The van der Waals surface area contributed by atoms with Crippen LogP contribution in [0.3, 0.4) is 0 Å². The first-order chi connectivity index (χ1) is 10.1. The fourth-order valence-electron chi connectivity index (χ4n) is 3.49. The molecule has 3 unspecified atom stereocenters. The smallest absolute Gasteiger partial charge is 0.243 e. The van der Waals surface area contributed by atoms with Crippen LogP contribution < -0.4 is 10.6 Å². The fourth-order valence-corrected chi connectivity index (χ4v) is 3.72. The number of rotatable bonds is 2. The number of aryl methyl sites for hydroxylation is 1. The third-order valence-electron chi connectivity index (χ3n) is 4.52. The molecule has 6 heteroatoms. The maximum Gasteiger partial charge on any atom is 0.243 e. The van der Waals surface area contributed by atoms with Gasteiger partial charge in [-0.2, -0.15) is 0 Å². The summed E-state index contributed by atoms with van der Waals surface area (Å²) >= 11 is 5.89. The van der Waals surface area contributed by atoms with Crippen molar-refractivity contribution in [2.75, 3.05) is 5.32 Å². The van der Waals surface area contributed by atoms with Gasteiger partial charge in [0, 0.05) is 11.7 Å². The molecule has 5 nitrogen and oxygen atoms in total. The highest BCUT2D eigenvalue weighted by molar-refractivity contribution is 6.29. The van der Waals surface area contributed by atoms with E-state index in [0.717, 1.165) is 24.5 Å². The normalized spacial score (nSPS) is 28.8. The summed E-state index contributed by atoms with van der Waals surface area (Å²) in [5.41, 5.74) is 0.745. The van der Waals surface area contributed by atoms with Gasteiger partial charge in [0.1, 0.15) is 5.15 Å². The van der Waals surface area contributed by atoms with Crippen LogP contribution in [-0.2, 0) is 4.79 Å². The van der Waals surface area contributed by atoms with Gasteiger partial charge in [-0.1, -0.05) is 24.4 Å². The molecule has 1 amide bonds. The van der Waals surface area contributed by atoms with Crippen molar-refractivity contribution in [2.45, 2.75) is 57.5 Å². The first-order valence-corrected chi connectivity index (χ1v) is 8.08. The summed E-state index contributed by atoms with van der Waals surface area (Å²) in [6.07, 6.45) is 7.08. The number of aromatic nitrogens is 2. The number of nitrogens with zero attached hydrogens (tertiary/aromatic N) is 2. The minimum absolute atomic E-state index is 0.0549. The molecular formula is C15H21ClN4O. The molecule has 1 aliphatic heterocycles. The van der Waals surface area contributed by atoms with E-state index in [-0.39, 0.29) is 17.9 Å². The van der Waals surface area contributed by atoms with Gasteiger partial charge in [0.15, 0.2) is 0 Å². The Kier molecular flexibility index (Phi) is 4.40. The lowest BCUT2D eigenvalue weighted by Crippen LogP contribution is -2.53. The summed E-state index contributed by atoms with van der Waals surface area (Å²) in [6.45, 7) is 1.83. The van der Waals surface area contributed by atoms with E-state index in [0.29, 0.717) is 11.2 Å². The van der Waals surface area contributed by atoms with Gasteiger partial charge in [0.25, 0.3) is 0 Å². The third-order valence-corrected chi connectivity index (χ3v) is 4.72. The largest absolute Gasteiger partial charge is 0.303 e. The second-order valence-electron chi connectivity index (χ2n) is 6.09. The Balaban J connectivity index is 1.62. The van der Waals surface area contributed by atoms with Crippen molar-refractivity contribution in [3.8, 4) is 0 Å². The lowest BCUT2D eigenvalue weighted by atomic mass is 9.77. The van der Waals surface area contributed by atoms with Crippen LogP contribution in [0.1, 0.15) is 44.2 Å². The number of hydrogen-bond donors (Lipinski definition) is 2. The maximum absolute atomic E-state index is 12.4. The molecule has 1 saturated carbocycles. The van der Waals surface area contributed by atoms with Crippen molar-refractivity contribution in [2.24, 2.45) is 5.92 Å². The zero-order valence-corrected chi connectivity index (χ0v) is 13.0. The Morgan fingerprint density at radius 1 is 1.29 bits per heavy atom. The van der Waals surface area contributed by atoms with Crippen LogP contribution in [0.25, 0.3) is 0 Å². The number of piperidine rings is 1. The van der Waals surface area contributed by atoms with Gasteiger partial charge in [0.05, 0.1) is 6.04 Å². The lowest BCUT2D eigenvalue weighted by Gasteiger charge is -2.39. The summed E-state index contributed by atoms with van der Waals surface area (Å²) in [6, 6.07) is 2.01. The average Bonchev–Trinajstić information content (AvgIpc) is 2.45. The van der Waals surface area contributed by atoms with Crippen LogP contribution in [-0.4, -0.2) is 28.0 Å². The molecule has 3 rings (SSSR count). The Labute approximate surface area is 129 Å². The summed E-state index contributed by atoms with van der Waals surface area (Å²) in [5.74, 6) is 0.978. The first-order valence-electron chi connectivity index (χ1n) is 7.70. The molecule has 1 aliphatic carbocycles. The second-order valence-corrected chi connectivity index (χ2v) is 6.48. The zero-order valence-electron chi connectivity index (χ0n) is 12.2. The number of fused-ring (bicyclic) bond motifs is 1. The van der Waals surface area contributed by atoms with Crippen LogP contribution in [0, 0.1) is 12.8 Å². The molecule has 2 aliphatic rings. The number of amides is 1. The highest BCUT2D eigenvalue weighted by atomic mass is 35.5. The highest BCUT2D eigenvalue weighted by Crippen LogP contribution is 2.32. The number of anilines is 1. The topological polar surface area (TPSA) is 66.9 Å². The molecule has 0 bridgehead atoms. The monoisotopic (exact) mass is 308 g/mol. The minimum atomic E-state index is -0.146. The molecule has 1 saturated heterocycles. The third kappa shape index (κ3) is 3.52. The Morgan fingerprint density at radius 2 is 2.10 bits per heavy atom. The van der Waals surface area contributed by atoms with Crippen molar-refractivity contribution in [1.29, 1.82) is 0 Å². The molecule has 0 radical (unpaired) electrons. The van der Waals surface area contributed by atoms with Gasteiger partial charge in [0.2, 0.25) is 11.9 Å². The SMILES string of the molecule is Cc1cc(Cl)nc(NC(=O)C2CCC3CCCCC3N2)n1. The molecule has 2 heterocycles. The van der Waals surface area contributed by atoms with Crippen LogP contribution >= 0.6 is 11.6 Å². The van der Waals surface area contributed by atoms with E-state index < -0.39 is 0 Å². The standard InChI is InChI=1S/C15H21ClN4O/c1-9-8-13(16)19-15(17-9)20-14(21)12-7-6-10-4-2-3-5-11(10)18-12/h8,10-12,18H,2-7H2,1H3,(H,17,19,20,21). The molecule has 0 spiro atoms. The molecular weight excluding hydrogens is 288 g/mol. The van der Waals surface area contributed by atoms with Gasteiger partial charge in [-0.3, -0.25) is 10.1 Å². The van der Waals surface area contributed by atoms with Crippen LogP contribution in [0.4, 0.5) is 5.95 Å². The predicted molar refractivity (Wildman–Crippen MR) is 82.3 cm³/mol. The number of nitrogens with one attached hydrogen (secondary N) is 2. The molecule has 21 heavy (non-hydrogen) atoms. The molecule has 2 fully saturated rings. The summed E-state index contributed by atoms with van der Waals surface area (Å²) in [7, 11) is 0. The van der Waals surface area contributed by atoms with Gasteiger partial charge in [-0.15, -0.1) is 0 Å². The van der Waals surface area contributed by atoms with Gasteiger partial charge >= 0.3 is 0 Å². The van der Waals surface area contributed by atoms with Gasteiger partial charge in [-0.25, -0.2) is 9.97 Å². The van der Waals surface area contributed by atoms with Crippen molar-refractivity contribution in [3.05, 3.63) is 16.9 Å². The van der Waals surface area contributed by atoms with Crippen molar-refractivity contribution in [3.63, 3.8) is 0 Å². The minimum Gasteiger partial charge on any atom is -0.303 e. The van der Waals surface area contributed by atoms with Gasteiger partial charge in [-0.05, 0) is 44.6 Å². The molecule has 1 aromatic rings. The van der Waals surface area contributed by atoms with E-state index >= 15 is 0 Å². The number of carbonyl (C=O) groups excluding carboxylic acids is 1. The quantitative estimate of drug-likeness (QED) is 0.824. The summed E-state index contributed by atoms with van der Waals surface area (Å²) in [5, 5.41) is 6.63.